The maximum atomic E-state index is 4.56. The van der Waals surface area contributed by atoms with Crippen molar-refractivity contribution in [3.05, 3.63) is 67.0 Å². The number of fused-ring (bicyclic) bond motifs is 2. The second-order valence-corrected chi connectivity index (χ2v) is 6.50. The van der Waals surface area contributed by atoms with Crippen LogP contribution in [0.4, 0.5) is 11.5 Å². The molecule has 0 bridgehead atoms. The van der Waals surface area contributed by atoms with Crippen LogP contribution >= 0.6 is 0 Å². The number of pyridine rings is 1. The number of aromatic nitrogens is 6. The summed E-state index contributed by atoms with van der Waals surface area (Å²) in [6, 6.07) is 10.2. The zero-order valence-corrected chi connectivity index (χ0v) is 15.0. The molecule has 0 aliphatic rings. The molecule has 0 fully saturated rings. The summed E-state index contributed by atoms with van der Waals surface area (Å²) in [5.41, 5.74) is 5.68. The van der Waals surface area contributed by atoms with E-state index in [-0.39, 0.29) is 0 Å². The van der Waals surface area contributed by atoms with Crippen molar-refractivity contribution in [2.75, 3.05) is 5.32 Å². The van der Waals surface area contributed by atoms with Crippen molar-refractivity contribution in [3.63, 3.8) is 0 Å². The smallest absolute Gasteiger partial charge is 0.180 e. The van der Waals surface area contributed by atoms with Gasteiger partial charge >= 0.3 is 0 Å². The Kier molecular flexibility index (Phi) is 3.39. The molecule has 7 nitrogen and oxygen atoms in total. The molecule has 4 aromatic heterocycles. The summed E-state index contributed by atoms with van der Waals surface area (Å²) in [4.78, 5) is 13.6. The van der Waals surface area contributed by atoms with Crippen molar-refractivity contribution in [2.45, 2.75) is 6.92 Å². The highest BCUT2D eigenvalue weighted by atomic mass is 15.2. The second kappa shape index (κ2) is 5.91. The molecule has 0 aliphatic carbocycles. The highest BCUT2D eigenvalue weighted by molar-refractivity contribution is 5.84. The fourth-order valence-electron chi connectivity index (χ4n) is 3.22. The number of hydrogen-bond donors (Lipinski definition) is 1. The minimum Gasteiger partial charge on any atom is -0.337 e. The van der Waals surface area contributed by atoms with Crippen molar-refractivity contribution in [1.29, 1.82) is 0 Å². The summed E-state index contributed by atoms with van der Waals surface area (Å²) in [6.07, 6.45) is 9.31. The van der Waals surface area contributed by atoms with E-state index in [0.29, 0.717) is 5.82 Å². The molecule has 27 heavy (non-hydrogen) atoms. The third-order valence-corrected chi connectivity index (χ3v) is 4.52. The predicted octanol–water partition coefficient (Wildman–Crippen LogP) is 3.73. The first-order valence-corrected chi connectivity index (χ1v) is 8.63. The standard InChI is InChI=1S/C20H17N7/c1-13-3-4-14-9-16(5-6-17(14)24-13)25-19-20-22-11-18(27(20)8-7-21-19)15-10-23-26(2)12-15/h3-12H,1-2H3,(H,21,25). The minimum absolute atomic E-state index is 0.701. The van der Waals surface area contributed by atoms with Crippen LogP contribution in [0.15, 0.2) is 61.3 Å². The van der Waals surface area contributed by atoms with Crippen molar-refractivity contribution >= 4 is 28.1 Å². The van der Waals surface area contributed by atoms with E-state index in [0.717, 1.165) is 39.2 Å². The molecule has 132 valence electrons. The van der Waals surface area contributed by atoms with Gasteiger partial charge in [-0.3, -0.25) is 14.1 Å². The van der Waals surface area contributed by atoms with Crippen LogP contribution in [0.25, 0.3) is 27.8 Å². The fourth-order valence-corrected chi connectivity index (χ4v) is 3.22. The number of anilines is 2. The molecular weight excluding hydrogens is 338 g/mol. The van der Waals surface area contributed by atoms with Gasteiger partial charge in [0.05, 0.1) is 23.6 Å². The monoisotopic (exact) mass is 355 g/mol. The van der Waals surface area contributed by atoms with E-state index in [2.05, 4.69) is 37.5 Å². The Bertz CT molecular complexity index is 1280. The van der Waals surface area contributed by atoms with Crippen LogP contribution in [0, 0.1) is 6.92 Å². The normalized spacial score (nSPS) is 11.3. The van der Waals surface area contributed by atoms with E-state index in [9.17, 15) is 0 Å². The lowest BCUT2D eigenvalue weighted by atomic mass is 10.2. The van der Waals surface area contributed by atoms with Crippen LogP contribution in [0.5, 0.6) is 0 Å². The average Bonchev–Trinajstić information content (AvgIpc) is 3.28. The maximum absolute atomic E-state index is 4.56. The summed E-state index contributed by atoms with van der Waals surface area (Å²) in [5.74, 6) is 0.701. The molecule has 5 rings (SSSR count). The molecule has 5 aromatic rings. The van der Waals surface area contributed by atoms with Gasteiger partial charge in [-0.2, -0.15) is 5.10 Å². The number of benzene rings is 1. The van der Waals surface area contributed by atoms with Gasteiger partial charge in [0.2, 0.25) is 0 Å². The molecule has 1 N–H and O–H groups in total. The first-order chi connectivity index (χ1) is 13.2. The molecule has 4 heterocycles. The van der Waals surface area contributed by atoms with Gasteiger partial charge < -0.3 is 5.32 Å². The molecule has 7 heteroatoms. The summed E-state index contributed by atoms with van der Waals surface area (Å²) in [5, 5.41) is 8.70. The average molecular weight is 355 g/mol. The van der Waals surface area contributed by atoms with E-state index in [1.807, 2.05) is 61.4 Å². The molecule has 0 saturated heterocycles. The van der Waals surface area contributed by atoms with Gasteiger partial charge in [-0.25, -0.2) is 9.97 Å². The SMILES string of the molecule is Cc1ccc2cc(Nc3nccn4c(-c5cnn(C)c5)cnc34)ccc2n1. The first kappa shape index (κ1) is 15.5. The topological polar surface area (TPSA) is 72.9 Å². The molecular formula is C20H17N7. The quantitative estimate of drug-likeness (QED) is 0.534. The Balaban J connectivity index is 1.55. The summed E-state index contributed by atoms with van der Waals surface area (Å²) in [6.45, 7) is 1.99. The van der Waals surface area contributed by atoms with Crippen molar-refractivity contribution in [3.8, 4) is 11.3 Å². The lowest BCUT2D eigenvalue weighted by Gasteiger charge is -2.08. The Morgan fingerprint density at radius 3 is 2.81 bits per heavy atom. The van der Waals surface area contributed by atoms with Crippen molar-refractivity contribution < 1.29 is 0 Å². The maximum Gasteiger partial charge on any atom is 0.180 e. The highest BCUT2D eigenvalue weighted by Gasteiger charge is 2.12. The van der Waals surface area contributed by atoms with E-state index < -0.39 is 0 Å². The molecule has 0 spiro atoms. The zero-order chi connectivity index (χ0) is 18.4. The Hall–Kier alpha value is -3.74. The van der Waals surface area contributed by atoms with Crippen LogP contribution in [-0.4, -0.2) is 29.1 Å². The fraction of sp³-hybridized carbons (Fsp3) is 0.100. The molecule has 0 aliphatic heterocycles. The van der Waals surface area contributed by atoms with Crippen LogP contribution in [0.2, 0.25) is 0 Å². The minimum atomic E-state index is 0.701. The number of aryl methyl sites for hydroxylation is 2. The van der Waals surface area contributed by atoms with Crippen LogP contribution in [0.1, 0.15) is 5.69 Å². The van der Waals surface area contributed by atoms with Crippen LogP contribution in [0.3, 0.4) is 0 Å². The number of hydrogen-bond acceptors (Lipinski definition) is 5. The van der Waals surface area contributed by atoms with Gasteiger partial charge in [0.1, 0.15) is 0 Å². The molecule has 0 atom stereocenters. The summed E-state index contributed by atoms with van der Waals surface area (Å²) >= 11 is 0. The van der Waals surface area contributed by atoms with E-state index in [1.165, 1.54) is 0 Å². The summed E-state index contributed by atoms with van der Waals surface area (Å²) in [7, 11) is 1.90. The Morgan fingerprint density at radius 2 is 1.96 bits per heavy atom. The van der Waals surface area contributed by atoms with Gasteiger partial charge in [-0.15, -0.1) is 0 Å². The van der Waals surface area contributed by atoms with Crippen molar-refractivity contribution in [1.82, 2.24) is 29.1 Å². The second-order valence-electron chi connectivity index (χ2n) is 6.50. The van der Waals surface area contributed by atoms with Gasteiger partial charge in [0, 0.05) is 48.0 Å². The Morgan fingerprint density at radius 1 is 1.04 bits per heavy atom. The Labute approximate surface area is 155 Å². The van der Waals surface area contributed by atoms with Crippen LogP contribution in [-0.2, 0) is 7.05 Å². The first-order valence-electron chi connectivity index (χ1n) is 8.63. The highest BCUT2D eigenvalue weighted by Crippen LogP contribution is 2.26. The van der Waals surface area contributed by atoms with E-state index >= 15 is 0 Å². The lowest BCUT2D eigenvalue weighted by molar-refractivity contribution is 0.768. The van der Waals surface area contributed by atoms with Gasteiger partial charge in [0.15, 0.2) is 11.5 Å². The lowest BCUT2D eigenvalue weighted by Crippen LogP contribution is -1.98. The molecule has 0 unspecified atom stereocenters. The molecule has 0 amide bonds. The van der Waals surface area contributed by atoms with E-state index in [4.69, 9.17) is 0 Å². The number of imidazole rings is 1. The van der Waals surface area contributed by atoms with Gasteiger partial charge in [-0.1, -0.05) is 6.07 Å². The molecule has 1 aromatic carbocycles. The van der Waals surface area contributed by atoms with Gasteiger partial charge in [0.25, 0.3) is 0 Å². The largest absolute Gasteiger partial charge is 0.337 e. The zero-order valence-electron chi connectivity index (χ0n) is 15.0. The number of nitrogens with zero attached hydrogens (tertiary/aromatic N) is 6. The third kappa shape index (κ3) is 2.69. The molecule has 0 saturated carbocycles. The molecule has 0 radical (unpaired) electrons. The third-order valence-electron chi connectivity index (χ3n) is 4.52. The number of nitrogens with one attached hydrogen (secondary N) is 1. The number of rotatable bonds is 3. The van der Waals surface area contributed by atoms with Gasteiger partial charge in [-0.05, 0) is 31.2 Å². The van der Waals surface area contributed by atoms with Crippen LogP contribution < -0.4 is 5.32 Å². The predicted molar refractivity (Wildman–Crippen MR) is 105 cm³/mol. The summed E-state index contributed by atoms with van der Waals surface area (Å²) < 4.78 is 3.79. The van der Waals surface area contributed by atoms with Crippen molar-refractivity contribution in [2.24, 2.45) is 7.05 Å². The van der Waals surface area contributed by atoms with E-state index in [1.54, 1.807) is 10.9 Å².